The van der Waals surface area contributed by atoms with Crippen LogP contribution in [-0.2, 0) is 0 Å². The Kier molecular flexibility index (Phi) is 2.56. The molecule has 18 heavy (non-hydrogen) atoms. The van der Waals surface area contributed by atoms with E-state index in [-0.39, 0.29) is 0 Å². The van der Waals surface area contributed by atoms with Crippen molar-refractivity contribution in [3.05, 3.63) is 41.6 Å². The van der Waals surface area contributed by atoms with Crippen molar-refractivity contribution in [2.45, 2.75) is 0 Å². The largest absolute Gasteiger partial charge is 0.497 e. The highest BCUT2D eigenvalue weighted by molar-refractivity contribution is 7.71. The number of methoxy groups -OCH3 is 1. The highest BCUT2D eigenvalue weighted by atomic mass is 32.1. The average molecular weight is 258 g/mol. The molecule has 1 N–H and O–H groups in total. The second-order valence-corrected chi connectivity index (χ2v) is 4.11. The fourth-order valence-electron chi connectivity index (χ4n) is 1.81. The second kappa shape index (κ2) is 4.23. The molecular weight excluding hydrogens is 248 g/mol. The molecule has 3 rings (SSSR count). The number of H-pyrrole nitrogens is 1. The fraction of sp³-hybridized carbons (Fsp3) is 0.0833. The highest BCUT2D eigenvalue weighted by Crippen LogP contribution is 2.20. The van der Waals surface area contributed by atoms with Crippen molar-refractivity contribution in [1.29, 1.82) is 0 Å². The van der Waals surface area contributed by atoms with Crippen molar-refractivity contribution < 1.29 is 4.74 Å². The normalized spacial score (nSPS) is 10.7. The summed E-state index contributed by atoms with van der Waals surface area (Å²) in [5, 5.41) is 0. The Hall–Kier alpha value is -2.21. The fourth-order valence-corrected chi connectivity index (χ4v) is 2.01. The molecule has 3 aromatic rings. The van der Waals surface area contributed by atoms with Gasteiger partial charge in [-0.05, 0) is 12.1 Å². The molecule has 0 aliphatic rings. The first-order chi connectivity index (χ1) is 8.79. The van der Waals surface area contributed by atoms with E-state index >= 15 is 0 Å². The predicted molar refractivity (Wildman–Crippen MR) is 70.6 cm³/mol. The highest BCUT2D eigenvalue weighted by Gasteiger charge is 2.06. The Morgan fingerprint density at radius 3 is 3.06 bits per heavy atom. The van der Waals surface area contributed by atoms with E-state index in [1.54, 1.807) is 19.8 Å². The summed E-state index contributed by atoms with van der Waals surface area (Å²) in [6.07, 6.45) is 3.29. The zero-order chi connectivity index (χ0) is 12.5. The van der Waals surface area contributed by atoms with Gasteiger partial charge in [-0.15, -0.1) is 0 Å². The molecule has 0 fully saturated rings. The van der Waals surface area contributed by atoms with Crippen molar-refractivity contribution in [3.63, 3.8) is 0 Å². The van der Waals surface area contributed by atoms with Crippen LogP contribution >= 0.6 is 12.2 Å². The van der Waals surface area contributed by atoms with Gasteiger partial charge < -0.3 is 9.72 Å². The van der Waals surface area contributed by atoms with E-state index in [4.69, 9.17) is 17.0 Å². The molecule has 0 aliphatic carbocycles. The average Bonchev–Trinajstić information content (AvgIpc) is 2.84. The lowest BCUT2D eigenvalue weighted by Crippen LogP contribution is -1.95. The summed E-state index contributed by atoms with van der Waals surface area (Å²) in [4.78, 5) is 11.3. The number of fused-ring (bicyclic) bond motifs is 1. The van der Waals surface area contributed by atoms with E-state index in [2.05, 4.69) is 15.0 Å². The maximum atomic E-state index is 5.21. The minimum absolute atomic E-state index is 0.491. The number of nitrogens with zero attached hydrogens (tertiary/aromatic N) is 3. The molecule has 0 radical (unpaired) electrons. The summed E-state index contributed by atoms with van der Waals surface area (Å²) in [6, 6.07) is 7.72. The minimum atomic E-state index is 0.491. The Morgan fingerprint density at radius 1 is 1.33 bits per heavy atom. The summed E-state index contributed by atoms with van der Waals surface area (Å²) < 4.78 is 7.61. The van der Waals surface area contributed by atoms with E-state index in [1.165, 1.54) is 0 Å². The molecule has 6 heteroatoms. The van der Waals surface area contributed by atoms with E-state index in [9.17, 15) is 0 Å². The van der Waals surface area contributed by atoms with E-state index in [1.807, 2.05) is 28.8 Å². The Balaban J connectivity index is 2.25. The summed E-state index contributed by atoms with van der Waals surface area (Å²) in [5.41, 5.74) is 2.47. The molecule has 5 nitrogen and oxygen atoms in total. The third-order valence-corrected chi connectivity index (χ3v) is 2.98. The van der Waals surface area contributed by atoms with Gasteiger partial charge in [0.1, 0.15) is 23.2 Å². The van der Waals surface area contributed by atoms with Crippen LogP contribution in [-0.4, -0.2) is 26.6 Å². The van der Waals surface area contributed by atoms with E-state index < -0.39 is 0 Å². The van der Waals surface area contributed by atoms with Crippen molar-refractivity contribution in [1.82, 2.24) is 19.5 Å². The lowest BCUT2D eigenvalue weighted by molar-refractivity contribution is 0.414. The van der Waals surface area contributed by atoms with Gasteiger partial charge in [0.2, 0.25) is 0 Å². The van der Waals surface area contributed by atoms with Crippen molar-refractivity contribution in [2.24, 2.45) is 0 Å². The molecule has 0 spiro atoms. The van der Waals surface area contributed by atoms with Crippen LogP contribution in [0.2, 0.25) is 0 Å². The molecule has 0 saturated heterocycles. The monoisotopic (exact) mass is 258 g/mol. The Morgan fingerprint density at radius 2 is 2.22 bits per heavy atom. The first-order valence-electron chi connectivity index (χ1n) is 5.35. The first-order valence-corrected chi connectivity index (χ1v) is 5.75. The number of hydrogen-bond donors (Lipinski definition) is 1. The molecule has 90 valence electrons. The van der Waals surface area contributed by atoms with Gasteiger partial charge in [-0.3, -0.25) is 4.57 Å². The van der Waals surface area contributed by atoms with Crippen molar-refractivity contribution in [3.8, 4) is 11.4 Å². The number of hydrogen-bond acceptors (Lipinski definition) is 4. The number of aromatic nitrogens is 4. The van der Waals surface area contributed by atoms with Crippen LogP contribution in [0.4, 0.5) is 0 Å². The van der Waals surface area contributed by atoms with Crippen LogP contribution in [0.5, 0.6) is 5.75 Å². The zero-order valence-corrected chi connectivity index (χ0v) is 10.4. The predicted octanol–water partition coefficient (Wildman–Crippen LogP) is 2.49. The maximum Gasteiger partial charge on any atom is 0.157 e. The first kappa shape index (κ1) is 10.9. The summed E-state index contributed by atoms with van der Waals surface area (Å²) in [6.45, 7) is 0. The number of ether oxygens (including phenoxy) is 1. The molecule has 0 saturated carbocycles. The third-order valence-electron chi connectivity index (χ3n) is 2.68. The van der Waals surface area contributed by atoms with Gasteiger partial charge in [0.25, 0.3) is 0 Å². The third kappa shape index (κ3) is 1.67. The number of nitrogens with one attached hydrogen (secondary N) is 1. The molecule has 1 aromatic carbocycles. The van der Waals surface area contributed by atoms with Gasteiger partial charge >= 0.3 is 0 Å². The molecule has 0 unspecified atom stereocenters. The van der Waals surface area contributed by atoms with Gasteiger partial charge in [0, 0.05) is 6.07 Å². The van der Waals surface area contributed by atoms with Gasteiger partial charge in [-0.1, -0.05) is 18.3 Å². The van der Waals surface area contributed by atoms with Crippen LogP contribution in [0.1, 0.15) is 0 Å². The number of benzene rings is 1. The number of imidazole rings is 1. The summed E-state index contributed by atoms with van der Waals surface area (Å²) in [5.74, 6) is 0.794. The second-order valence-electron chi connectivity index (χ2n) is 3.72. The number of aromatic amines is 1. The SMILES string of the molecule is COc1cccc(-n2cnc3c(=S)nc[nH]c32)c1. The minimum Gasteiger partial charge on any atom is -0.497 e. The van der Waals surface area contributed by atoms with Gasteiger partial charge in [0.15, 0.2) is 4.64 Å². The molecular formula is C12H10N4OS. The van der Waals surface area contributed by atoms with Crippen LogP contribution in [0, 0.1) is 4.64 Å². The molecule has 0 bridgehead atoms. The smallest absolute Gasteiger partial charge is 0.157 e. The lowest BCUT2D eigenvalue weighted by atomic mass is 10.3. The van der Waals surface area contributed by atoms with Gasteiger partial charge in [0.05, 0.1) is 19.1 Å². The molecule has 0 atom stereocenters. The van der Waals surface area contributed by atoms with Gasteiger partial charge in [-0.25, -0.2) is 9.97 Å². The molecule has 2 heterocycles. The lowest BCUT2D eigenvalue weighted by Gasteiger charge is -2.06. The van der Waals surface area contributed by atoms with Crippen molar-refractivity contribution in [2.75, 3.05) is 7.11 Å². The quantitative estimate of drug-likeness (QED) is 0.717. The summed E-state index contributed by atoms with van der Waals surface area (Å²) >= 11 is 5.13. The van der Waals surface area contributed by atoms with E-state index in [0.29, 0.717) is 10.2 Å². The van der Waals surface area contributed by atoms with Crippen LogP contribution < -0.4 is 4.74 Å². The van der Waals surface area contributed by atoms with Crippen LogP contribution in [0.15, 0.2) is 36.9 Å². The van der Waals surface area contributed by atoms with E-state index in [0.717, 1.165) is 17.1 Å². The van der Waals surface area contributed by atoms with Crippen molar-refractivity contribution >= 4 is 23.4 Å². The molecule has 0 amide bonds. The standard InChI is InChI=1S/C12H10N4OS/c1-17-9-4-2-3-8(5-9)16-7-15-10-11(16)13-6-14-12(10)18/h2-7H,1H3,(H,13,14,18). The maximum absolute atomic E-state index is 5.21. The Bertz CT molecular complexity index is 762. The molecule has 0 aliphatic heterocycles. The topological polar surface area (TPSA) is 55.7 Å². The van der Waals surface area contributed by atoms with Gasteiger partial charge in [-0.2, -0.15) is 0 Å². The van der Waals surface area contributed by atoms with Crippen LogP contribution in [0.25, 0.3) is 16.9 Å². The van der Waals surface area contributed by atoms with Crippen LogP contribution in [0.3, 0.4) is 0 Å². The number of rotatable bonds is 2. The molecule has 2 aromatic heterocycles. The zero-order valence-electron chi connectivity index (χ0n) is 9.62. The summed E-state index contributed by atoms with van der Waals surface area (Å²) in [7, 11) is 1.64. The Labute approximate surface area is 108 Å².